The summed E-state index contributed by atoms with van der Waals surface area (Å²) >= 11 is 0. The van der Waals surface area contributed by atoms with E-state index in [1.54, 1.807) is 24.3 Å². The van der Waals surface area contributed by atoms with Crippen molar-refractivity contribution in [1.29, 1.82) is 0 Å². The van der Waals surface area contributed by atoms with Crippen LogP contribution in [0.15, 0.2) is 24.3 Å². The third kappa shape index (κ3) is 2.88. The Labute approximate surface area is 125 Å². The molecule has 0 radical (unpaired) electrons. The van der Waals surface area contributed by atoms with Gasteiger partial charge in [-0.3, -0.25) is 0 Å². The van der Waals surface area contributed by atoms with Crippen molar-refractivity contribution >= 4 is 12.4 Å². The number of phenols is 1. The maximum absolute atomic E-state index is 11.2. The lowest BCUT2D eigenvalue weighted by atomic mass is 9.61. The first-order valence-electron chi connectivity index (χ1n) is 7.93. The Morgan fingerprint density at radius 2 is 2.11 bits per heavy atom. The molecule has 0 bridgehead atoms. The molecule has 108 valence electrons. The average Bonchev–Trinajstić information content (AvgIpc) is 2.40. The average molecular weight is 289 g/mol. The maximum Gasteiger partial charge on any atom is 0.115 e. The highest BCUT2D eigenvalue weighted by atomic mass is 35.5. The Hall–Kier alpha value is -0.770. The molecule has 1 fully saturated rings. The monoisotopic (exact) mass is 288 g/mol. The Morgan fingerprint density at radius 1 is 1.37 bits per heavy atom. The number of phenolic OH excluding ortho intramolecular Hbond substituents is 1. The third-order valence-electron chi connectivity index (χ3n) is 4.32. The number of rotatable bonds is 3. The van der Waals surface area contributed by atoms with Gasteiger partial charge in [0, 0.05) is 16.1 Å². The molecule has 2 rings (SSSR count). The topological polar surface area (TPSA) is 52.5 Å². The number of hydrogen-bond acceptors (Lipinski definition) is 3. The normalized spacial score (nSPS) is 33.7. The Kier molecular flexibility index (Phi) is 3.87. The van der Waals surface area contributed by atoms with Crippen molar-refractivity contribution in [3.05, 3.63) is 29.8 Å². The number of aromatic hydroxyl groups is 1. The molecule has 1 saturated carbocycles. The molecule has 1 aliphatic carbocycles. The minimum absolute atomic E-state index is 0. The van der Waals surface area contributed by atoms with Crippen molar-refractivity contribution in [2.45, 2.75) is 38.2 Å². The molecule has 19 heavy (non-hydrogen) atoms. The fraction of sp³-hybridized carbons (Fsp3) is 0.600. The van der Waals surface area contributed by atoms with Gasteiger partial charge in [0.2, 0.25) is 0 Å². The van der Waals surface area contributed by atoms with Gasteiger partial charge in [-0.1, -0.05) is 31.9 Å². The lowest BCUT2D eigenvalue weighted by Crippen LogP contribution is -2.51. The number of nitrogens with one attached hydrogen (secondary N) is 1. The zero-order valence-electron chi connectivity index (χ0n) is 14.1. The molecule has 4 heteroatoms. The molecule has 0 unspecified atom stereocenters. The zero-order chi connectivity index (χ0) is 15.7. The van der Waals surface area contributed by atoms with Crippen LogP contribution in [0.2, 0.25) is 0 Å². The fourth-order valence-corrected chi connectivity index (χ4v) is 3.09. The van der Waals surface area contributed by atoms with E-state index >= 15 is 0 Å². The van der Waals surface area contributed by atoms with Gasteiger partial charge in [0.05, 0.1) is 5.60 Å². The van der Waals surface area contributed by atoms with E-state index in [4.69, 9.17) is 4.11 Å². The molecule has 0 amide bonds. The van der Waals surface area contributed by atoms with Gasteiger partial charge in [-0.2, -0.15) is 0 Å². The summed E-state index contributed by atoms with van der Waals surface area (Å²) in [7, 11) is 0. The summed E-state index contributed by atoms with van der Waals surface area (Å²) in [5.41, 5.74) is -1.08. The van der Waals surface area contributed by atoms with Crippen molar-refractivity contribution in [3.8, 4) is 5.75 Å². The minimum atomic E-state index is -2.22. The first-order valence-corrected chi connectivity index (χ1v) is 6.43. The van der Waals surface area contributed by atoms with Crippen molar-refractivity contribution in [2.24, 2.45) is 5.41 Å². The summed E-state index contributed by atoms with van der Waals surface area (Å²) in [6.45, 7) is -0.106. The molecule has 3 nitrogen and oxygen atoms in total. The summed E-state index contributed by atoms with van der Waals surface area (Å²) < 4.78 is 21.9. The molecule has 1 aromatic rings. The van der Waals surface area contributed by atoms with Crippen LogP contribution in [0, 0.1) is 5.41 Å². The summed E-state index contributed by atoms with van der Waals surface area (Å²) in [5, 5.41) is 23.5. The van der Waals surface area contributed by atoms with Crippen LogP contribution < -0.4 is 5.32 Å². The molecule has 2 atom stereocenters. The predicted molar refractivity (Wildman–Crippen MR) is 79.8 cm³/mol. The Bertz CT molecular complexity index is 512. The first kappa shape index (κ1) is 12.0. The van der Waals surface area contributed by atoms with Crippen LogP contribution >= 0.6 is 12.4 Å². The van der Waals surface area contributed by atoms with Gasteiger partial charge < -0.3 is 15.5 Å². The zero-order valence-corrected chi connectivity index (χ0v) is 12.0. The van der Waals surface area contributed by atoms with Crippen molar-refractivity contribution < 1.29 is 14.3 Å². The van der Waals surface area contributed by atoms with Gasteiger partial charge >= 0.3 is 0 Å². The quantitative estimate of drug-likeness (QED) is 0.802. The molecule has 0 heterocycles. The molecule has 0 aliphatic heterocycles. The molecule has 3 N–H and O–H groups in total. The van der Waals surface area contributed by atoms with Gasteiger partial charge in [-0.05, 0) is 37.5 Å². The van der Waals surface area contributed by atoms with Gasteiger partial charge in [0.25, 0.3) is 0 Å². The van der Waals surface area contributed by atoms with Gasteiger partial charge in [0.1, 0.15) is 5.75 Å². The molecule has 0 aromatic heterocycles. The van der Waals surface area contributed by atoms with E-state index < -0.39 is 18.0 Å². The van der Waals surface area contributed by atoms with Crippen molar-refractivity contribution in [2.75, 3.05) is 13.5 Å². The second-order valence-electron chi connectivity index (χ2n) is 5.53. The maximum atomic E-state index is 11.2. The van der Waals surface area contributed by atoms with Gasteiger partial charge in [-0.15, -0.1) is 12.4 Å². The summed E-state index contributed by atoms with van der Waals surface area (Å²) in [6.07, 6.45) is 3.15. The minimum Gasteiger partial charge on any atom is -0.508 e. The van der Waals surface area contributed by atoms with Crippen molar-refractivity contribution in [3.63, 3.8) is 0 Å². The van der Waals surface area contributed by atoms with Crippen molar-refractivity contribution in [1.82, 2.24) is 5.32 Å². The highest BCUT2D eigenvalue weighted by Gasteiger charge is 2.49. The molecule has 1 aliphatic rings. The lowest BCUT2D eigenvalue weighted by molar-refractivity contribution is -0.111. The predicted octanol–water partition coefficient (Wildman–Crippen LogP) is 2.80. The molecule has 0 saturated heterocycles. The summed E-state index contributed by atoms with van der Waals surface area (Å²) in [6, 6.07) is 6.63. The van der Waals surface area contributed by atoms with Gasteiger partial charge in [-0.25, -0.2) is 0 Å². The standard InChI is InChI=1S/C15H23NO2.ClH/c1-14(11-16-2)8-3-4-9-15(14,18)12-6-5-7-13(17)10-12;/h5-7,10,16-18H,3-4,8-9,11H2,1-2H3;1H/t14-,15+;/m1./s1/i2D3;. The van der Waals surface area contributed by atoms with Crippen LogP contribution in [-0.4, -0.2) is 23.7 Å². The second kappa shape index (κ2) is 6.12. The Balaban J connectivity index is 0.00000242. The highest BCUT2D eigenvalue weighted by molar-refractivity contribution is 5.85. The molecule has 1 aromatic carbocycles. The SMILES string of the molecule is Cl.[2H]C([2H])([2H])NC[C@@]1(C)CCCC[C@]1(O)c1cccc(O)c1. The fourth-order valence-electron chi connectivity index (χ4n) is 3.09. The lowest BCUT2D eigenvalue weighted by Gasteiger charge is -2.49. The largest absolute Gasteiger partial charge is 0.508 e. The van der Waals surface area contributed by atoms with E-state index in [1.165, 1.54) is 0 Å². The number of hydrogen-bond donors (Lipinski definition) is 3. The smallest absolute Gasteiger partial charge is 0.115 e. The summed E-state index contributed by atoms with van der Waals surface area (Å²) in [5.74, 6) is 0.109. The number of halogens is 1. The molecular formula is C15H24ClNO2. The first-order chi connectivity index (χ1) is 9.66. The van der Waals surface area contributed by atoms with Crippen LogP contribution in [0.5, 0.6) is 5.75 Å². The van der Waals surface area contributed by atoms with Gasteiger partial charge in [0.15, 0.2) is 0 Å². The van der Waals surface area contributed by atoms with E-state index in [0.29, 0.717) is 12.0 Å². The van der Waals surface area contributed by atoms with E-state index in [-0.39, 0.29) is 24.7 Å². The second-order valence-corrected chi connectivity index (χ2v) is 5.53. The van der Waals surface area contributed by atoms with Crippen LogP contribution in [0.3, 0.4) is 0 Å². The number of aliphatic hydroxyl groups is 1. The molecular weight excluding hydrogens is 262 g/mol. The van der Waals surface area contributed by atoms with E-state index in [9.17, 15) is 10.2 Å². The van der Waals surface area contributed by atoms with E-state index in [1.807, 2.05) is 6.92 Å². The van der Waals surface area contributed by atoms with Crippen LogP contribution in [0.1, 0.15) is 42.3 Å². The van der Waals surface area contributed by atoms with Crippen LogP contribution in [-0.2, 0) is 5.60 Å². The molecule has 0 spiro atoms. The summed E-state index contributed by atoms with van der Waals surface area (Å²) in [4.78, 5) is 0. The van der Waals surface area contributed by atoms with Crippen LogP contribution in [0.4, 0.5) is 0 Å². The number of benzene rings is 1. The van der Waals surface area contributed by atoms with E-state index in [0.717, 1.165) is 19.3 Å². The van der Waals surface area contributed by atoms with Crippen LogP contribution in [0.25, 0.3) is 0 Å². The van der Waals surface area contributed by atoms with E-state index in [2.05, 4.69) is 5.32 Å². The Morgan fingerprint density at radius 3 is 2.79 bits per heavy atom. The highest BCUT2D eigenvalue weighted by Crippen LogP contribution is 2.50. The third-order valence-corrected chi connectivity index (χ3v) is 4.32.